The standard InChI is InChI=1S/C12H19N3O4/c1-4-15(6-5-12(17)18-3)8-11(16)13-10-7-9(2)19-14-10/h7H,4-6,8H2,1-3H3,(H,13,14,16). The monoisotopic (exact) mass is 269 g/mol. The highest BCUT2D eigenvalue weighted by Gasteiger charge is 2.12. The first-order valence-electron chi connectivity index (χ1n) is 6.07. The highest BCUT2D eigenvalue weighted by Crippen LogP contribution is 2.06. The van der Waals surface area contributed by atoms with E-state index in [0.29, 0.717) is 24.7 Å². The number of carbonyl (C=O) groups excluding carboxylic acids is 2. The van der Waals surface area contributed by atoms with Crippen LogP contribution in [0.4, 0.5) is 5.82 Å². The zero-order valence-corrected chi connectivity index (χ0v) is 11.4. The van der Waals surface area contributed by atoms with Crippen LogP contribution in [0.3, 0.4) is 0 Å². The van der Waals surface area contributed by atoms with E-state index in [-0.39, 0.29) is 24.8 Å². The number of nitrogens with one attached hydrogen (secondary N) is 1. The van der Waals surface area contributed by atoms with Crippen molar-refractivity contribution in [2.45, 2.75) is 20.3 Å². The molecular weight excluding hydrogens is 250 g/mol. The average Bonchev–Trinajstić information content (AvgIpc) is 2.79. The molecule has 0 fully saturated rings. The topological polar surface area (TPSA) is 84.7 Å². The summed E-state index contributed by atoms with van der Waals surface area (Å²) in [5, 5.41) is 6.30. The number of anilines is 1. The lowest BCUT2D eigenvalue weighted by Gasteiger charge is -2.18. The average molecular weight is 269 g/mol. The van der Waals surface area contributed by atoms with Crippen LogP contribution in [0.5, 0.6) is 0 Å². The third kappa shape index (κ3) is 5.52. The van der Waals surface area contributed by atoms with Gasteiger partial charge in [0.25, 0.3) is 0 Å². The summed E-state index contributed by atoms with van der Waals surface area (Å²) < 4.78 is 9.41. The van der Waals surface area contributed by atoms with Gasteiger partial charge in [-0.1, -0.05) is 12.1 Å². The molecule has 1 aromatic rings. The summed E-state index contributed by atoms with van der Waals surface area (Å²) in [5.74, 6) is 0.547. The summed E-state index contributed by atoms with van der Waals surface area (Å²) in [7, 11) is 1.35. The van der Waals surface area contributed by atoms with E-state index in [1.165, 1.54) is 7.11 Å². The van der Waals surface area contributed by atoms with E-state index in [1.807, 2.05) is 11.8 Å². The van der Waals surface area contributed by atoms with E-state index >= 15 is 0 Å². The molecule has 0 bridgehead atoms. The lowest BCUT2D eigenvalue weighted by Crippen LogP contribution is -2.34. The first-order valence-corrected chi connectivity index (χ1v) is 6.07. The molecule has 1 aromatic heterocycles. The molecule has 7 heteroatoms. The highest BCUT2D eigenvalue weighted by atomic mass is 16.5. The number of hydrogen-bond donors (Lipinski definition) is 1. The summed E-state index contributed by atoms with van der Waals surface area (Å²) in [6.45, 7) is 5.01. The second kappa shape index (κ2) is 7.52. The van der Waals surface area contributed by atoms with Crippen molar-refractivity contribution in [2.24, 2.45) is 0 Å². The number of likely N-dealkylation sites (N-methyl/N-ethyl adjacent to an activating group) is 1. The lowest BCUT2D eigenvalue weighted by molar-refractivity contribution is -0.141. The van der Waals surface area contributed by atoms with Crippen LogP contribution in [0.15, 0.2) is 10.6 Å². The normalized spacial score (nSPS) is 10.5. The van der Waals surface area contributed by atoms with Crippen molar-refractivity contribution in [1.82, 2.24) is 10.1 Å². The fraction of sp³-hybridized carbons (Fsp3) is 0.583. The maximum Gasteiger partial charge on any atom is 0.306 e. The van der Waals surface area contributed by atoms with Gasteiger partial charge in [-0.3, -0.25) is 14.5 Å². The van der Waals surface area contributed by atoms with E-state index in [1.54, 1.807) is 13.0 Å². The number of carbonyl (C=O) groups is 2. The van der Waals surface area contributed by atoms with Crippen LogP contribution in [0.2, 0.25) is 0 Å². The fourth-order valence-corrected chi connectivity index (χ4v) is 1.51. The number of nitrogens with zero attached hydrogens (tertiary/aromatic N) is 2. The minimum Gasteiger partial charge on any atom is -0.469 e. The molecule has 19 heavy (non-hydrogen) atoms. The maximum absolute atomic E-state index is 11.8. The number of hydrogen-bond acceptors (Lipinski definition) is 6. The van der Waals surface area contributed by atoms with Gasteiger partial charge in [0, 0.05) is 12.6 Å². The van der Waals surface area contributed by atoms with E-state index < -0.39 is 0 Å². The molecule has 1 N–H and O–H groups in total. The summed E-state index contributed by atoms with van der Waals surface area (Å²) >= 11 is 0. The molecule has 0 saturated heterocycles. The predicted molar refractivity (Wildman–Crippen MR) is 68.6 cm³/mol. The second-order valence-electron chi connectivity index (χ2n) is 4.07. The summed E-state index contributed by atoms with van der Waals surface area (Å²) in [6.07, 6.45) is 0.265. The third-order valence-corrected chi connectivity index (χ3v) is 2.57. The number of rotatable bonds is 7. The first kappa shape index (κ1) is 15.2. The third-order valence-electron chi connectivity index (χ3n) is 2.57. The first-order chi connectivity index (χ1) is 9.05. The van der Waals surface area contributed by atoms with Crippen molar-refractivity contribution < 1.29 is 18.8 Å². The van der Waals surface area contributed by atoms with Crippen LogP contribution in [-0.4, -0.2) is 48.7 Å². The predicted octanol–water partition coefficient (Wildman–Crippen LogP) is 0.807. The van der Waals surface area contributed by atoms with Crippen molar-refractivity contribution in [3.05, 3.63) is 11.8 Å². The molecule has 0 aliphatic heterocycles. The number of aromatic nitrogens is 1. The molecule has 1 rings (SSSR count). The number of methoxy groups -OCH3 is 1. The van der Waals surface area contributed by atoms with Crippen LogP contribution in [0.25, 0.3) is 0 Å². The zero-order chi connectivity index (χ0) is 14.3. The van der Waals surface area contributed by atoms with E-state index in [9.17, 15) is 9.59 Å². The van der Waals surface area contributed by atoms with Gasteiger partial charge in [-0.25, -0.2) is 0 Å². The van der Waals surface area contributed by atoms with Gasteiger partial charge in [0.2, 0.25) is 5.91 Å². The molecule has 0 aliphatic rings. The van der Waals surface area contributed by atoms with Crippen LogP contribution < -0.4 is 5.32 Å². The molecule has 7 nitrogen and oxygen atoms in total. The van der Waals surface area contributed by atoms with E-state index in [0.717, 1.165) is 0 Å². The summed E-state index contributed by atoms with van der Waals surface area (Å²) in [5.41, 5.74) is 0. The number of ether oxygens (including phenoxy) is 1. The SMILES string of the molecule is CCN(CCC(=O)OC)CC(=O)Nc1cc(C)on1. The van der Waals surface area contributed by atoms with E-state index in [2.05, 4.69) is 15.2 Å². The van der Waals surface area contributed by atoms with Crippen molar-refractivity contribution >= 4 is 17.7 Å². The Labute approximate surface area is 111 Å². The minimum atomic E-state index is -0.286. The zero-order valence-electron chi connectivity index (χ0n) is 11.4. The fourth-order valence-electron chi connectivity index (χ4n) is 1.51. The maximum atomic E-state index is 11.8. The van der Waals surface area contributed by atoms with Gasteiger partial charge in [-0.15, -0.1) is 0 Å². The Morgan fingerprint density at radius 2 is 2.26 bits per heavy atom. The Kier molecular flexibility index (Phi) is 6.01. The van der Waals surface area contributed by atoms with Crippen molar-refractivity contribution in [3.8, 4) is 0 Å². The van der Waals surface area contributed by atoms with Crippen LogP contribution in [0, 0.1) is 6.92 Å². The smallest absolute Gasteiger partial charge is 0.306 e. The lowest BCUT2D eigenvalue weighted by atomic mass is 10.3. The molecule has 0 radical (unpaired) electrons. The summed E-state index contributed by atoms with van der Waals surface area (Å²) in [6, 6.07) is 1.64. The molecule has 106 valence electrons. The van der Waals surface area contributed by atoms with Crippen LogP contribution >= 0.6 is 0 Å². The molecule has 0 atom stereocenters. The van der Waals surface area contributed by atoms with Gasteiger partial charge in [0.15, 0.2) is 5.82 Å². The molecule has 1 heterocycles. The Bertz CT molecular complexity index is 430. The Balaban J connectivity index is 2.38. The molecule has 1 amide bonds. The number of esters is 1. The van der Waals surface area contributed by atoms with Gasteiger partial charge in [-0.05, 0) is 13.5 Å². The summed E-state index contributed by atoms with van der Waals surface area (Å²) in [4.78, 5) is 24.6. The van der Waals surface area contributed by atoms with Gasteiger partial charge in [0.05, 0.1) is 20.1 Å². The largest absolute Gasteiger partial charge is 0.469 e. The Morgan fingerprint density at radius 1 is 1.53 bits per heavy atom. The van der Waals surface area contributed by atoms with Crippen LogP contribution in [-0.2, 0) is 14.3 Å². The quantitative estimate of drug-likeness (QED) is 0.737. The molecule has 0 saturated carbocycles. The van der Waals surface area contributed by atoms with Gasteiger partial charge < -0.3 is 14.6 Å². The van der Waals surface area contributed by atoms with E-state index in [4.69, 9.17) is 4.52 Å². The Hall–Kier alpha value is -1.89. The number of aryl methyl sites for hydroxylation is 1. The Morgan fingerprint density at radius 3 is 2.79 bits per heavy atom. The van der Waals surface area contributed by atoms with Crippen molar-refractivity contribution in [1.29, 1.82) is 0 Å². The molecular formula is C12H19N3O4. The number of amides is 1. The molecule has 0 aliphatic carbocycles. The molecule has 0 aromatic carbocycles. The highest BCUT2D eigenvalue weighted by molar-refractivity contribution is 5.91. The molecule has 0 spiro atoms. The van der Waals surface area contributed by atoms with Gasteiger partial charge in [-0.2, -0.15) is 0 Å². The molecule has 0 unspecified atom stereocenters. The van der Waals surface area contributed by atoms with Crippen molar-refractivity contribution in [3.63, 3.8) is 0 Å². The van der Waals surface area contributed by atoms with Crippen LogP contribution in [0.1, 0.15) is 19.1 Å². The second-order valence-corrected chi connectivity index (χ2v) is 4.07. The minimum absolute atomic E-state index is 0.194. The van der Waals surface area contributed by atoms with Gasteiger partial charge >= 0.3 is 5.97 Å². The van der Waals surface area contributed by atoms with Crippen molar-refractivity contribution in [2.75, 3.05) is 32.1 Å². The van der Waals surface area contributed by atoms with Gasteiger partial charge in [0.1, 0.15) is 5.76 Å².